The minimum Gasteiger partial charge on any atom is -0.480 e. The van der Waals surface area contributed by atoms with Gasteiger partial charge in [-0.15, -0.1) is 11.3 Å². The summed E-state index contributed by atoms with van der Waals surface area (Å²) >= 11 is 19.3. The zero-order valence-electron chi connectivity index (χ0n) is 19.0. The molecule has 1 heterocycles. The van der Waals surface area contributed by atoms with Crippen LogP contribution in [0.15, 0.2) is 78.5 Å². The predicted octanol–water partition coefficient (Wildman–Crippen LogP) is 6.44. The Labute approximate surface area is 231 Å². The lowest BCUT2D eigenvalue weighted by atomic mass is 10.1. The molecule has 0 radical (unpaired) electrons. The molecule has 4 aromatic rings. The maximum absolute atomic E-state index is 13.3. The molecular formula is C27H19Cl3N2O4S. The normalized spacial score (nSPS) is 12.2. The number of rotatable bonds is 8. The van der Waals surface area contributed by atoms with Crippen LogP contribution in [0.4, 0.5) is 0 Å². The fraction of sp³-hybridized carbons (Fsp3) is 0.0741. The largest absolute Gasteiger partial charge is 0.480 e. The van der Waals surface area contributed by atoms with Crippen LogP contribution in [0.3, 0.4) is 0 Å². The van der Waals surface area contributed by atoms with Gasteiger partial charge in [0.2, 0.25) is 0 Å². The van der Waals surface area contributed by atoms with Crippen LogP contribution in [-0.4, -0.2) is 28.9 Å². The fourth-order valence-electron chi connectivity index (χ4n) is 3.50. The van der Waals surface area contributed by atoms with Crippen molar-refractivity contribution in [2.75, 3.05) is 0 Å². The van der Waals surface area contributed by atoms with E-state index in [0.29, 0.717) is 26.0 Å². The highest BCUT2D eigenvalue weighted by molar-refractivity contribution is 7.20. The zero-order valence-corrected chi connectivity index (χ0v) is 22.1. The average Bonchev–Trinajstić information content (AvgIpc) is 3.31. The predicted molar refractivity (Wildman–Crippen MR) is 148 cm³/mol. The third-order valence-electron chi connectivity index (χ3n) is 5.35. The van der Waals surface area contributed by atoms with Crippen LogP contribution in [-0.2, 0) is 16.0 Å². The lowest BCUT2D eigenvalue weighted by Crippen LogP contribution is -2.45. The van der Waals surface area contributed by atoms with Crippen LogP contribution in [0.25, 0.3) is 16.2 Å². The van der Waals surface area contributed by atoms with Crippen LogP contribution in [0.2, 0.25) is 15.1 Å². The van der Waals surface area contributed by atoms with Crippen molar-refractivity contribution >= 4 is 80.1 Å². The van der Waals surface area contributed by atoms with Gasteiger partial charge in [-0.3, -0.25) is 9.59 Å². The van der Waals surface area contributed by atoms with Gasteiger partial charge in [-0.2, -0.15) is 0 Å². The number of hydrogen-bond acceptors (Lipinski definition) is 4. The Bertz CT molecular complexity index is 1480. The molecule has 0 aliphatic rings. The van der Waals surface area contributed by atoms with Crippen LogP contribution >= 0.6 is 46.1 Å². The third-order valence-corrected chi connectivity index (χ3v) is 7.46. The number of carboxylic acid groups (broad SMARTS) is 1. The summed E-state index contributed by atoms with van der Waals surface area (Å²) in [5, 5.41) is 16.9. The molecule has 0 bridgehead atoms. The van der Waals surface area contributed by atoms with Gasteiger partial charge in [0.1, 0.15) is 11.7 Å². The Kier molecular flexibility index (Phi) is 8.51. The Balaban J connectivity index is 1.62. The van der Waals surface area contributed by atoms with Crippen molar-refractivity contribution in [2.45, 2.75) is 12.5 Å². The molecule has 10 heteroatoms. The summed E-state index contributed by atoms with van der Waals surface area (Å²) < 4.78 is 0.918. The van der Waals surface area contributed by atoms with Gasteiger partial charge in [-0.05, 0) is 59.0 Å². The van der Waals surface area contributed by atoms with Crippen molar-refractivity contribution in [2.24, 2.45) is 0 Å². The topological polar surface area (TPSA) is 95.5 Å². The highest BCUT2D eigenvalue weighted by Gasteiger charge is 2.24. The van der Waals surface area contributed by atoms with Crippen LogP contribution < -0.4 is 10.6 Å². The first-order valence-electron chi connectivity index (χ1n) is 10.9. The van der Waals surface area contributed by atoms with Gasteiger partial charge >= 0.3 is 5.97 Å². The Morgan fingerprint density at radius 1 is 0.919 bits per heavy atom. The molecule has 1 unspecified atom stereocenters. The number of hydrogen-bond donors (Lipinski definition) is 3. The summed E-state index contributed by atoms with van der Waals surface area (Å²) in [4.78, 5) is 38.7. The van der Waals surface area contributed by atoms with E-state index in [4.69, 9.17) is 34.8 Å². The molecule has 3 aromatic carbocycles. The van der Waals surface area contributed by atoms with Crippen LogP contribution in [0.5, 0.6) is 0 Å². The number of thiophene rings is 1. The van der Waals surface area contributed by atoms with Gasteiger partial charge < -0.3 is 15.7 Å². The van der Waals surface area contributed by atoms with Gasteiger partial charge in [0.25, 0.3) is 11.8 Å². The van der Waals surface area contributed by atoms with E-state index in [1.165, 1.54) is 23.5 Å². The van der Waals surface area contributed by atoms with Crippen molar-refractivity contribution in [3.8, 4) is 0 Å². The second-order valence-corrected chi connectivity index (χ2v) is 10.4. The number of benzene rings is 3. The van der Waals surface area contributed by atoms with Gasteiger partial charge in [-0.1, -0.05) is 71.2 Å². The molecule has 37 heavy (non-hydrogen) atoms. The zero-order chi connectivity index (χ0) is 26.5. The first kappa shape index (κ1) is 26.7. The maximum atomic E-state index is 13.3. The molecule has 3 N–H and O–H groups in total. The van der Waals surface area contributed by atoms with E-state index in [0.717, 1.165) is 10.1 Å². The van der Waals surface area contributed by atoms with E-state index >= 15 is 0 Å². The smallest absolute Gasteiger partial charge is 0.326 e. The first-order valence-corrected chi connectivity index (χ1v) is 12.9. The number of aliphatic carboxylic acids is 1. The summed E-state index contributed by atoms with van der Waals surface area (Å²) in [5.41, 5.74) is 1.00. The molecule has 0 aliphatic heterocycles. The van der Waals surface area contributed by atoms with E-state index in [1.54, 1.807) is 42.5 Å². The van der Waals surface area contributed by atoms with Gasteiger partial charge in [-0.25, -0.2) is 4.79 Å². The molecule has 1 aromatic heterocycles. The van der Waals surface area contributed by atoms with E-state index in [9.17, 15) is 19.5 Å². The van der Waals surface area contributed by atoms with Crippen LogP contribution in [0, 0.1) is 0 Å². The molecule has 0 fully saturated rings. The van der Waals surface area contributed by atoms with Crippen molar-refractivity contribution in [3.05, 3.63) is 110 Å². The summed E-state index contributed by atoms with van der Waals surface area (Å²) in [6.07, 6.45) is 1.42. The number of fused-ring (bicyclic) bond motifs is 1. The lowest BCUT2D eigenvalue weighted by Gasteiger charge is -2.17. The number of carboxylic acids is 1. The van der Waals surface area contributed by atoms with Gasteiger partial charge in [0.15, 0.2) is 0 Å². The van der Waals surface area contributed by atoms with E-state index in [1.807, 2.05) is 24.3 Å². The molecule has 6 nitrogen and oxygen atoms in total. The van der Waals surface area contributed by atoms with Crippen molar-refractivity contribution in [3.63, 3.8) is 0 Å². The third kappa shape index (κ3) is 6.90. The molecule has 0 saturated heterocycles. The number of halogens is 3. The molecule has 0 aliphatic carbocycles. The molecule has 0 saturated carbocycles. The first-order chi connectivity index (χ1) is 17.7. The molecular weight excluding hydrogens is 555 g/mol. The maximum Gasteiger partial charge on any atom is 0.326 e. The highest BCUT2D eigenvalue weighted by atomic mass is 35.5. The SMILES string of the molecule is O=C(NC(Cc1ccc(Cl)cc1)C(=O)O)C(=Cc1ccc(Cl)c(Cl)c1)NC(=O)c1cc2ccccc2s1. The van der Waals surface area contributed by atoms with Crippen molar-refractivity contribution in [1.29, 1.82) is 0 Å². The Morgan fingerprint density at radius 2 is 1.65 bits per heavy atom. The molecule has 4 rings (SSSR count). The highest BCUT2D eigenvalue weighted by Crippen LogP contribution is 2.26. The number of nitrogens with one attached hydrogen (secondary N) is 2. The average molecular weight is 574 g/mol. The standard InChI is InChI=1S/C27H19Cl3N2O4S/c28-18-8-5-15(6-9-18)12-22(27(35)36)32-25(33)21(13-16-7-10-19(29)20(30)11-16)31-26(34)24-14-17-3-1-2-4-23(17)37-24/h1-11,13-14,22H,12H2,(H,31,34)(H,32,33)(H,35,36). The van der Waals surface area contributed by atoms with Crippen molar-refractivity contribution in [1.82, 2.24) is 10.6 Å². The molecule has 1 atom stereocenters. The second kappa shape index (κ2) is 11.8. The fourth-order valence-corrected chi connectivity index (χ4v) is 4.89. The number of carbonyl (C=O) groups excluding carboxylic acids is 2. The Morgan fingerprint density at radius 3 is 2.32 bits per heavy atom. The van der Waals surface area contributed by atoms with Gasteiger partial charge in [0.05, 0.1) is 14.9 Å². The minimum absolute atomic E-state index is 0.0164. The summed E-state index contributed by atoms with van der Waals surface area (Å²) in [5.74, 6) is -2.51. The summed E-state index contributed by atoms with van der Waals surface area (Å²) in [7, 11) is 0. The number of amides is 2. The molecule has 0 spiro atoms. The molecule has 188 valence electrons. The minimum atomic E-state index is -1.26. The quantitative estimate of drug-likeness (QED) is 0.211. The molecule has 2 amide bonds. The summed E-state index contributed by atoms with van der Waals surface area (Å²) in [6, 6.07) is 19.3. The Hall–Kier alpha value is -3.36. The summed E-state index contributed by atoms with van der Waals surface area (Å²) in [6.45, 7) is 0. The monoisotopic (exact) mass is 572 g/mol. The number of carbonyl (C=O) groups is 3. The van der Waals surface area contributed by atoms with E-state index in [-0.39, 0.29) is 17.1 Å². The van der Waals surface area contributed by atoms with E-state index < -0.39 is 23.8 Å². The van der Waals surface area contributed by atoms with Crippen molar-refractivity contribution < 1.29 is 19.5 Å². The lowest BCUT2D eigenvalue weighted by molar-refractivity contribution is -0.141. The second-order valence-electron chi connectivity index (χ2n) is 8.03. The van der Waals surface area contributed by atoms with Crippen LogP contribution in [0.1, 0.15) is 20.8 Å². The van der Waals surface area contributed by atoms with E-state index in [2.05, 4.69) is 10.6 Å². The van der Waals surface area contributed by atoms with Gasteiger partial charge in [0, 0.05) is 16.1 Å².